The van der Waals surface area contributed by atoms with Crippen LogP contribution in [0, 0.1) is 6.92 Å². The third kappa shape index (κ3) is 3.75. The quantitative estimate of drug-likeness (QED) is 0.667. The molecule has 8 heteroatoms. The molecule has 0 bridgehead atoms. The van der Waals surface area contributed by atoms with Gasteiger partial charge in [-0.05, 0) is 61.2 Å². The molecule has 7 nitrogen and oxygen atoms in total. The third-order valence-corrected chi connectivity index (χ3v) is 6.21. The lowest BCUT2D eigenvalue weighted by molar-refractivity contribution is 0.102. The highest BCUT2D eigenvalue weighted by Gasteiger charge is 2.24. The Kier molecular flexibility index (Phi) is 4.66. The molecule has 1 aliphatic heterocycles. The van der Waals surface area contributed by atoms with Crippen molar-refractivity contribution >= 4 is 38.3 Å². The molecule has 2 aromatic carbocycles. The summed E-state index contributed by atoms with van der Waals surface area (Å²) in [5.74, 6) is -0.321. The van der Waals surface area contributed by atoms with Crippen molar-refractivity contribution in [1.29, 1.82) is 0 Å². The Morgan fingerprint density at radius 3 is 2.69 bits per heavy atom. The molecule has 0 unspecified atom stereocenters. The van der Waals surface area contributed by atoms with Gasteiger partial charge >= 0.3 is 5.63 Å². The van der Waals surface area contributed by atoms with E-state index >= 15 is 0 Å². The summed E-state index contributed by atoms with van der Waals surface area (Å²) in [6, 6.07) is 11.6. The minimum absolute atomic E-state index is 0.321. The summed E-state index contributed by atoms with van der Waals surface area (Å²) in [6.07, 6.45) is 2.60. The van der Waals surface area contributed by atoms with Crippen LogP contribution >= 0.6 is 0 Å². The van der Waals surface area contributed by atoms with Crippen LogP contribution in [-0.4, -0.2) is 27.1 Å². The number of fused-ring (bicyclic) bond motifs is 2. The smallest absolute Gasteiger partial charge is 0.336 e. The largest absolute Gasteiger partial charge is 0.423 e. The highest BCUT2D eigenvalue weighted by Crippen LogP contribution is 2.30. The first-order chi connectivity index (χ1) is 13.7. The molecular weight excluding hydrogens is 392 g/mol. The fraction of sp³-hybridized carbons (Fsp3) is 0.238. The predicted molar refractivity (Wildman–Crippen MR) is 112 cm³/mol. The van der Waals surface area contributed by atoms with Gasteiger partial charge in [0.05, 0.1) is 11.9 Å². The van der Waals surface area contributed by atoms with E-state index in [4.69, 9.17) is 4.42 Å². The van der Waals surface area contributed by atoms with Crippen LogP contribution < -0.4 is 15.2 Å². The molecule has 0 saturated carbocycles. The Morgan fingerprint density at radius 1 is 1.14 bits per heavy atom. The van der Waals surface area contributed by atoms with Crippen molar-refractivity contribution in [2.75, 3.05) is 22.4 Å². The van der Waals surface area contributed by atoms with Gasteiger partial charge in [-0.3, -0.25) is 9.10 Å². The van der Waals surface area contributed by atoms with Gasteiger partial charge in [0, 0.05) is 35.3 Å². The summed E-state index contributed by atoms with van der Waals surface area (Å²) in [5, 5.41) is 3.61. The molecule has 1 N–H and O–H groups in total. The molecule has 150 valence electrons. The van der Waals surface area contributed by atoms with Crippen LogP contribution in [0.2, 0.25) is 0 Å². The maximum atomic E-state index is 12.7. The van der Waals surface area contributed by atoms with E-state index in [0.717, 1.165) is 16.5 Å². The zero-order valence-corrected chi connectivity index (χ0v) is 16.9. The van der Waals surface area contributed by atoms with Crippen molar-refractivity contribution in [3.8, 4) is 0 Å². The number of carbonyl (C=O) groups excluding carboxylic acids is 1. The van der Waals surface area contributed by atoms with Crippen molar-refractivity contribution < 1.29 is 17.6 Å². The first-order valence-corrected chi connectivity index (χ1v) is 11.0. The fourth-order valence-corrected chi connectivity index (χ4v) is 4.65. The van der Waals surface area contributed by atoms with Crippen molar-refractivity contribution in [2.45, 2.75) is 19.8 Å². The van der Waals surface area contributed by atoms with Crippen molar-refractivity contribution in [2.24, 2.45) is 0 Å². The Hall–Kier alpha value is -3.13. The van der Waals surface area contributed by atoms with Crippen molar-refractivity contribution in [3.63, 3.8) is 0 Å². The zero-order valence-electron chi connectivity index (χ0n) is 16.1. The van der Waals surface area contributed by atoms with Crippen LogP contribution in [0.1, 0.15) is 27.9 Å². The van der Waals surface area contributed by atoms with Crippen LogP contribution in [0.3, 0.4) is 0 Å². The summed E-state index contributed by atoms with van der Waals surface area (Å²) >= 11 is 0. The Morgan fingerprint density at radius 2 is 1.93 bits per heavy atom. The molecule has 0 saturated heterocycles. The summed E-state index contributed by atoms with van der Waals surface area (Å²) in [4.78, 5) is 24.3. The SMILES string of the molecule is Cc1cc(=O)oc2cc(NC(=O)c3ccc4c(c3)CCCN4S(C)(=O)=O)ccc12. The van der Waals surface area contributed by atoms with Crippen molar-refractivity contribution in [3.05, 3.63) is 69.6 Å². The van der Waals surface area contributed by atoms with E-state index in [0.29, 0.717) is 41.9 Å². The number of sulfonamides is 1. The summed E-state index contributed by atoms with van der Waals surface area (Å²) in [5.41, 5.74) is 3.16. The average Bonchev–Trinajstić information content (AvgIpc) is 2.65. The van der Waals surface area contributed by atoms with E-state index in [1.165, 1.54) is 16.6 Å². The number of rotatable bonds is 3. The standard InChI is InChI=1S/C21H20N2O5S/c1-13-10-20(24)28-19-12-16(6-7-17(13)19)22-21(25)15-5-8-18-14(11-15)4-3-9-23(18)29(2,26)27/h5-8,10-12H,3-4,9H2,1-2H3,(H,22,25). The number of aryl methyl sites for hydroxylation is 2. The lowest BCUT2D eigenvalue weighted by atomic mass is 10.0. The number of hydrogen-bond donors (Lipinski definition) is 1. The number of carbonyl (C=O) groups is 1. The zero-order chi connectivity index (χ0) is 20.8. The van der Waals surface area contributed by atoms with Crippen LogP contribution in [-0.2, 0) is 16.4 Å². The molecule has 1 aliphatic rings. The van der Waals surface area contributed by atoms with Gasteiger partial charge in [0.1, 0.15) is 5.58 Å². The summed E-state index contributed by atoms with van der Waals surface area (Å²) < 4.78 is 30.6. The van der Waals surface area contributed by atoms with E-state index in [-0.39, 0.29) is 5.91 Å². The second-order valence-corrected chi connectivity index (χ2v) is 9.10. The summed E-state index contributed by atoms with van der Waals surface area (Å²) in [7, 11) is -3.35. The maximum absolute atomic E-state index is 12.7. The normalized spacial score (nSPS) is 13.9. The van der Waals surface area contributed by atoms with E-state index in [2.05, 4.69) is 5.32 Å². The van der Waals surface area contributed by atoms with E-state index in [1.807, 2.05) is 6.92 Å². The second-order valence-electron chi connectivity index (χ2n) is 7.20. The number of nitrogens with one attached hydrogen (secondary N) is 1. The van der Waals surface area contributed by atoms with Gasteiger partial charge in [0.2, 0.25) is 10.0 Å². The monoisotopic (exact) mass is 412 g/mol. The number of amides is 1. The Balaban J connectivity index is 1.62. The highest BCUT2D eigenvalue weighted by molar-refractivity contribution is 7.92. The highest BCUT2D eigenvalue weighted by atomic mass is 32.2. The topological polar surface area (TPSA) is 96.7 Å². The average molecular weight is 412 g/mol. The van der Waals surface area contributed by atoms with Crippen LogP contribution in [0.15, 0.2) is 51.7 Å². The van der Waals surface area contributed by atoms with Crippen LogP contribution in [0.4, 0.5) is 11.4 Å². The lowest BCUT2D eigenvalue weighted by Gasteiger charge is -2.29. The van der Waals surface area contributed by atoms with Gasteiger partial charge in [-0.1, -0.05) is 0 Å². The Labute approximate surface area is 168 Å². The number of benzene rings is 2. The van der Waals surface area contributed by atoms with Crippen molar-refractivity contribution in [1.82, 2.24) is 0 Å². The van der Waals surface area contributed by atoms with Gasteiger partial charge in [0.25, 0.3) is 5.91 Å². The molecule has 0 spiro atoms. The third-order valence-electron chi connectivity index (χ3n) is 5.03. The molecule has 0 radical (unpaired) electrons. The first-order valence-electron chi connectivity index (χ1n) is 9.19. The molecule has 0 aliphatic carbocycles. The molecule has 2 heterocycles. The second kappa shape index (κ2) is 7.04. The van der Waals surface area contributed by atoms with E-state index < -0.39 is 15.6 Å². The molecular formula is C21H20N2O5S. The van der Waals surface area contributed by atoms with E-state index in [1.54, 1.807) is 36.4 Å². The minimum atomic E-state index is -3.35. The summed E-state index contributed by atoms with van der Waals surface area (Å²) in [6.45, 7) is 2.27. The van der Waals surface area contributed by atoms with Gasteiger partial charge in [-0.15, -0.1) is 0 Å². The maximum Gasteiger partial charge on any atom is 0.336 e. The first kappa shape index (κ1) is 19.2. The molecule has 0 atom stereocenters. The Bertz CT molecular complexity index is 1290. The minimum Gasteiger partial charge on any atom is -0.423 e. The van der Waals surface area contributed by atoms with Gasteiger partial charge < -0.3 is 9.73 Å². The van der Waals surface area contributed by atoms with Crippen LogP contribution in [0.5, 0.6) is 0 Å². The molecule has 1 amide bonds. The lowest BCUT2D eigenvalue weighted by Crippen LogP contribution is -2.34. The van der Waals surface area contributed by atoms with E-state index in [9.17, 15) is 18.0 Å². The number of anilines is 2. The van der Waals surface area contributed by atoms with Gasteiger partial charge in [-0.25, -0.2) is 13.2 Å². The van der Waals surface area contributed by atoms with Gasteiger partial charge in [-0.2, -0.15) is 0 Å². The molecule has 1 aromatic heterocycles. The van der Waals surface area contributed by atoms with Crippen LogP contribution in [0.25, 0.3) is 11.0 Å². The molecule has 3 aromatic rings. The fourth-order valence-electron chi connectivity index (χ4n) is 3.65. The van der Waals surface area contributed by atoms with Gasteiger partial charge in [0.15, 0.2) is 0 Å². The molecule has 0 fully saturated rings. The predicted octanol–water partition coefficient (Wildman–Crippen LogP) is 3.07. The molecule has 4 rings (SSSR count). The number of hydrogen-bond acceptors (Lipinski definition) is 5. The molecule has 29 heavy (non-hydrogen) atoms. The number of nitrogens with zero attached hydrogens (tertiary/aromatic N) is 1.